The van der Waals surface area contributed by atoms with Crippen molar-refractivity contribution in [1.29, 1.82) is 0 Å². The van der Waals surface area contributed by atoms with Crippen LogP contribution in [-0.2, 0) is 11.3 Å². The fourth-order valence-electron chi connectivity index (χ4n) is 3.12. The Bertz CT molecular complexity index is 570. The molecule has 0 saturated heterocycles. The van der Waals surface area contributed by atoms with E-state index in [1.807, 2.05) is 19.1 Å². The maximum Gasteiger partial charge on any atom is 0.253 e. The quantitative estimate of drug-likeness (QED) is 0.872. The number of nitrogens with zero attached hydrogens (tertiary/aromatic N) is 1. The number of carbonyl (C=O) groups excluding carboxylic acids is 2. The van der Waals surface area contributed by atoms with Gasteiger partial charge >= 0.3 is 0 Å². The number of nitrogens with one attached hydrogen (secondary N) is 1. The summed E-state index contributed by atoms with van der Waals surface area (Å²) in [6.45, 7) is 2.43. The molecule has 1 saturated carbocycles. The minimum atomic E-state index is -0.412. The summed E-state index contributed by atoms with van der Waals surface area (Å²) in [6, 6.07) is 7.33. The van der Waals surface area contributed by atoms with E-state index in [0.717, 1.165) is 31.2 Å². The lowest BCUT2D eigenvalue weighted by Crippen LogP contribution is -2.52. The van der Waals surface area contributed by atoms with Crippen LogP contribution in [0, 0.1) is 5.92 Å². The molecule has 6 heteroatoms. The number of rotatable bonds is 4. The van der Waals surface area contributed by atoms with Gasteiger partial charge in [-0.15, -0.1) is 12.4 Å². The molecule has 1 aromatic carbocycles. The standard InChI is InChI=1S/C18H27N3O2.ClH/c1-18(19)11-5-4-6-15(18)16(22)20-12-13-7-9-14(10-8-13)17(23)21(2)3;/h7-10,15H,4-6,11-12,19H2,1-3H3,(H,20,22);1H. The minimum Gasteiger partial charge on any atom is -0.352 e. The Morgan fingerprint density at radius 1 is 1.25 bits per heavy atom. The molecule has 0 heterocycles. The van der Waals surface area contributed by atoms with Gasteiger partial charge in [0, 0.05) is 31.7 Å². The zero-order valence-corrected chi connectivity index (χ0v) is 15.5. The van der Waals surface area contributed by atoms with Crippen molar-refractivity contribution in [3.8, 4) is 0 Å². The third kappa shape index (κ3) is 4.95. The predicted octanol–water partition coefficient (Wildman–Crippen LogP) is 2.33. The highest BCUT2D eigenvalue weighted by molar-refractivity contribution is 5.93. The molecule has 24 heavy (non-hydrogen) atoms. The number of benzene rings is 1. The summed E-state index contributed by atoms with van der Waals surface area (Å²) in [5.74, 6) is -0.115. The molecule has 1 fully saturated rings. The van der Waals surface area contributed by atoms with E-state index in [0.29, 0.717) is 12.1 Å². The molecule has 0 radical (unpaired) electrons. The first kappa shape index (κ1) is 20.5. The molecular weight excluding hydrogens is 326 g/mol. The van der Waals surface area contributed by atoms with Gasteiger partial charge in [0.15, 0.2) is 0 Å². The minimum absolute atomic E-state index is 0. The van der Waals surface area contributed by atoms with Crippen LogP contribution in [0.25, 0.3) is 0 Å². The van der Waals surface area contributed by atoms with Crippen LogP contribution < -0.4 is 11.1 Å². The molecule has 0 spiro atoms. The highest BCUT2D eigenvalue weighted by atomic mass is 35.5. The Morgan fingerprint density at radius 3 is 2.42 bits per heavy atom. The Labute approximate surface area is 150 Å². The average Bonchev–Trinajstić information content (AvgIpc) is 2.52. The number of amides is 2. The molecule has 0 bridgehead atoms. The third-order valence-electron chi connectivity index (χ3n) is 4.64. The zero-order valence-electron chi connectivity index (χ0n) is 14.7. The van der Waals surface area contributed by atoms with Crippen LogP contribution in [0.2, 0.25) is 0 Å². The van der Waals surface area contributed by atoms with Gasteiger partial charge in [-0.1, -0.05) is 25.0 Å². The molecule has 0 aromatic heterocycles. The normalized spacial score (nSPS) is 23.1. The summed E-state index contributed by atoms with van der Waals surface area (Å²) in [5, 5.41) is 2.98. The van der Waals surface area contributed by atoms with E-state index >= 15 is 0 Å². The summed E-state index contributed by atoms with van der Waals surface area (Å²) >= 11 is 0. The van der Waals surface area contributed by atoms with Crippen molar-refractivity contribution in [1.82, 2.24) is 10.2 Å². The molecule has 1 aromatic rings. The van der Waals surface area contributed by atoms with Crippen LogP contribution in [0.1, 0.15) is 48.5 Å². The number of nitrogens with two attached hydrogens (primary N) is 1. The summed E-state index contributed by atoms with van der Waals surface area (Å²) in [7, 11) is 3.45. The van der Waals surface area contributed by atoms with Crippen molar-refractivity contribution in [3.63, 3.8) is 0 Å². The maximum atomic E-state index is 12.4. The fraction of sp³-hybridized carbons (Fsp3) is 0.556. The zero-order chi connectivity index (χ0) is 17.0. The summed E-state index contributed by atoms with van der Waals surface area (Å²) in [5.41, 5.74) is 7.48. The summed E-state index contributed by atoms with van der Waals surface area (Å²) < 4.78 is 0. The van der Waals surface area contributed by atoms with Gasteiger partial charge in [-0.05, 0) is 37.5 Å². The summed E-state index contributed by atoms with van der Waals surface area (Å²) in [4.78, 5) is 25.8. The molecule has 2 amide bonds. The predicted molar refractivity (Wildman–Crippen MR) is 98.1 cm³/mol. The van der Waals surface area contributed by atoms with Gasteiger partial charge in [0.1, 0.15) is 0 Å². The molecule has 1 aliphatic carbocycles. The maximum absolute atomic E-state index is 12.4. The second-order valence-electron chi connectivity index (χ2n) is 6.92. The van der Waals surface area contributed by atoms with E-state index in [9.17, 15) is 9.59 Å². The fourth-order valence-corrected chi connectivity index (χ4v) is 3.12. The molecule has 3 N–H and O–H groups in total. The van der Waals surface area contributed by atoms with Crippen molar-refractivity contribution >= 4 is 24.2 Å². The topological polar surface area (TPSA) is 75.4 Å². The largest absolute Gasteiger partial charge is 0.352 e. The Morgan fingerprint density at radius 2 is 1.88 bits per heavy atom. The van der Waals surface area contributed by atoms with E-state index in [-0.39, 0.29) is 30.1 Å². The van der Waals surface area contributed by atoms with E-state index in [1.54, 1.807) is 31.1 Å². The van der Waals surface area contributed by atoms with E-state index < -0.39 is 5.54 Å². The van der Waals surface area contributed by atoms with Gasteiger partial charge in [-0.25, -0.2) is 0 Å². The number of halogens is 1. The first-order valence-corrected chi connectivity index (χ1v) is 8.18. The van der Waals surface area contributed by atoms with Crippen LogP contribution in [0.5, 0.6) is 0 Å². The van der Waals surface area contributed by atoms with Gasteiger partial charge in [-0.2, -0.15) is 0 Å². The lowest BCUT2D eigenvalue weighted by molar-refractivity contribution is -0.128. The van der Waals surface area contributed by atoms with Crippen LogP contribution >= 0.6 is 12.4 Å². The second kappa shape index (κ2) is 8.49. The lowest BCUT2D eigenvalue weighted by atomic mass is 9.74. The Balaban J connectivity index is 0.00000288. The van der Waals surface area contributed by atoms with Crippen LogP contribution in [-0.4, -0.2) is 36.3 Å². The SMILES string of the molecule is CN(C)C(=O)c1ccc(CNC(=O)C2CCCCC2(C)N)cc1.Cl. The van der Waals surface area contributed by atoms with Gasteiger partial charge in [-0.3, -0.25) is 9.59 Å². The molecule has 134 valence electrons. The van der Waals surface area contributed by atoms with Gasteiger partial charge < -0.3 is 16.0 Å². The van der Waals surface area contributed by atoms with Crippen LogP contribution in [0.15, 0.2) is 24.3 Å². The molecule has 1 aliphatic rings. The van der Waals surface area contributed by atoms with Gasteiger partial charge in [0.05, 0.1) is 5.92 Å². The van der Waals surface area contributed by atoms with E-state index in [4.69, 9.17) is 5.73 Å². The van der Waals surface area contributed by atoms with E-state index in [2.05, 4.69) is 5.32 Å². The van der Waals surface area contributed by atoms with Crippen LogP contribution in [0.4, 0.5) is 0 Å². The number of carbonyl (C=O) groups is 2. The van der Waals surface area contributed by atoms with Crippen molar-refractivity contribution < 1.29 is 9.59 Å². The Hall–Kier alpha value is -1.59. The smallest absolute Gasteiger partial charge is 0.253 e. The molecule has 2 unspecified atom stereocenters. The Kier molecular flexibility index (Phi) is 7.24. The van der Waals surface area contributed by atoms with Crippen molar-refractivity contribution in [2.24, 2.45) is 11.7 Å². The van der Waals surface area contributed by atoms with Crippen molar-refractivity contribution in [2.75, 3.05) is 14.1 Å². The lowest BCUT2D eigenvalue weighted by Gasteiger charge is -2.37. The van der Waals surface area contributed by atoms with Crippen molar-refractivity contribution in [3.05, 3.63) is 35.4 Å². The molecular formula is C18H28ClN3O2. The molecule has 0 aliphatic heterocycles. The monoisotopic (exact) mass is 353 g/mol. The second-order valence-corrected chi connectivity index (χ2v) is 6.92. The molecule has 5 nitrogen and oxygen atoms in total. The molecule has 2 rings (SSSR count). The average molecular weight is 354 g/mol. The van der Waals surface area contributed by atoms with Gasteiger partial charge in [0.25, 0.3) is 5.91 Å². The first-order chi connectivity index (χ1) is 10.8. The van der Waals surface area contributed by atoms with Crippen molar-refractivity contribution in [2.45, 2.75) is 44.7 Å². The highest BCUT2D eigenvalue weighted by Gasteiger charge is 2.37. The van der Waals surface area contributed by atoms with E-state index in [1.165, 1.54) is 0 Å². The number of hydrogen-bond donors (Lipinski definition) is 2. The number of hydrogen-bond acceptors (Lipinski definition) is 3. The van der Waals surface area contributed by atoms with Crippen LogP contribution in [0.3, 0.4) is 0 Å². The molecule has 2 atom stereocenters. The highest BCUT2D eigenvalue weighted by Crippen LogP contribution is 2.31. The van der Waals surface area contributed by atoms with Gasteiger partial charge in [0.2, 0.25) is 5.91 Å². The third-order valence-corrected chi connectivity index (χ3v) is 4.64. The first-order valence-electron chi connectivity index (χ1n) is 8.18. The summed E-state index contributed by atoms with van der Waals surface area (Å²) in [6.07, 6.45) is 3.91.